The van der Waals surface area contributed by atoms with E-state index in [-0.39, 0.29) is 23.3 Å². The Balaban J connectivity index is 1.35. The topological polar surface area (TPSA) is 65.6 Å². The summed E-state index contributed by atoms with van der Waals surface area (Å²) in [5, 5.41) is 0. The average Bonchev–Trinajstić information content (AvgIpc) is 3.37. The van der Waals surface area contributed by atoms with Crippen molar-refractivity contribution in [2.45, 2.75) is 58.0 Å². The molecule has 3 saturated heterocycles. The Kier molecular flexibility index (Phi) is 5.26. The van der Waals surface area contributed by atoms with Crippen LogP contribution in [0.4, 0.5) is 0 Å². The number of nitrogens with one attached hydrogen (secondary N) is 1. The van der Waals surface area contributed by atoms with Gasteiger partial charge < -0.3 is 19.5 Å². The zero-order valence-corrected chi connectivity index (χ0v) is 16.3. The normalized spacial score (nSPS) is 25.4. The van der Waals surface area contributed by atoms with Gasteiger partial charge in [-0.25, -0.2) is 0 Å². The molecule has 1 aromatic heterocycles. The molecule has 1 spiro atoms. The molecule has 4 rings (SSSR count). The van der Waals surface area contributed by atoms with Gasteiger partial charge in [0.05, 0.1) is 6.10 Å². The number of carbonyl (C=O) groups excluding carboxylic acids is 2. The zero-order chi connectivity index (χ0) is 18.9. The van der Waals surface area contributed by atoms with Gasteiger partial charge in [-0.3, -0.25) is 9.59 Å². The first-order valence-corrected chi connectivity index (χ1v) is 10.5. The highest BCUT2D eigenvalue weighted by Crippen LogP contribution is 2.40. The molecule has 0 bridgehead atoms. The Bertz CT molecular complexity index is 685. The first kappa shape index (κ1) is 18.5. The third-order valence-corrected chi connectivity index (χ3v) is 6.67. The minimum atomic E-state index is 0.104. The van der Waals surface area contributed by atoms with E-state index in [1.165, 1.54) is 0 Å². The van der Waals surface area contributed by atoms with Crippen molar-refractivity contribution in [3.05, 3.63) is 23.5 Å². The van der Waals surface area contributed by atoms with Crippen LogP contribution in [0.15, 0.2) is 12.1 Å². The van der Waals surface area contributed by atoms with Crippen molar-refractivity contribution in [1.29, 1.82) is 0 Å². The molecule has 0 unspecified atom stereocenters. The summed E-state index contributed by atoms with van der Waals surface area (Å²) in [6.45, 7) is 6.04. The fourth-order valence-corrected chi connectivity index (χ4v) is 4.84. The van der Waals surface area contributed by atoms with Gasteiger partial charge in [-0.2, -0.15) is 0 Å². The Morgan fingerprint density at radius 3 is 2.78 bits per heavy atom. The molecule has 2 amide bonds. The van der Waals surface area contributed by atoms with Crippen LogP contribution in [0.25, 0.3) is 0 Å². The lowest BCUT2D eigenvalue weighted by Gasteiger charge is -2.47. The molecule has 0 aromatic carbocycles. The number of likely N-dealkylation sites (tertiary alicyclic amines) is 2. The highest BCUT2D eigenvalue weighted by atomic mass is 16.5. The van der Waals surface area contributed by atoms with Crippen LogP contribution >= 0.6 is 0 Å². The van der Waals surface area contributed by atoms with E-state index in [2.05, 4.69) is 11.9 Å². The van der Waals surface area contributed by atoms with Crippen LogP contribution < -0.4 is 0 Å². The second-order valence-electron chi connectivity index (χ2n) is 8.45. The predicted octanol–water partition coefficient (Wildman–Crippen LogP) is 2.60. The Hall–Kier alpha value is -1.82. The van der Waals surface area contributed by atoms with Crippen LogP contribution in [0, 0.1) is 5.41 Å². The summed E-state index contributed by atoms with van der Waals surface area (Å²) in [4.78, 5) is 32.4. The Morgan fingerprint density at radius 2 is 2.11 bits per heavy atom. The van der Waals surface area contributed by atoms with Gasteiger partial charge in [-0.05, 0) is 56.1 Å². The van der Waals surface area contributed by atoms with Gasteiger partial charge in [0.1, 0.15) is 5.69 Å². The number of rotatable bonds is 4. The minimum Gasteiger partial charge on any atom is -0.376 e. The molecule has 3 aliphatic rings. The molecule has 0 aliphatic carbocycles. The Labute approximate surface area is 161 Å². The van der Waals surface area contributed by atoms with E-state index in [0.717, 1.165) is 77.0 Å². The van der Waals surface area contributed by atoms with Crippen LogP contribution in [0.5, 0.6) is 0 Å². The van der Waals surface area contributed by atoms with Gasteiger partial charge in [0.15, 0.2) is 0 Å². The monoisotopic (exact) mass is 373 g/mol. The smallest absolute Gasteiger partial charge is 0.270 e. The lowest BCUT2D eigenvalue weighted by molar-refractivity contribution is -0.141. The summed E-state index contributed by atoms with van der Waals surface area (Å²) < 4.78 is 5.74. The molecule has 6 nitrogen and oxygen atoms in total. The summed E-state index contributed by atoms with van der Waals surface area (Å²) >= 11 is 0. The number of carbonyl (C=O) groups is 2. The van der Waals surface area contributed by atoms with E-state index in [9.17, 15) is 9.59 Å². The molecule has 1 atom stereocenters. The molecule has 27 heavy (non-hydrogen) atoms. The molecule has 3 fully saturated rings. The molecule has 4 heterocycles. The molecule has 0 radical (unpaired) electrons. The Morgan fingerprint density at radius 1 is 1.30 bits per heavy atom. The number of aryl methyl sites for hydroxylation is 1. The fourth-order valence-electron chi connectivity index (χ4n) is 4.84. The second kappa shape index (κ2) is 7.66. The van der Waals surface area contributed by atoms with E-state index < -0.39 is 0 Å². The molecular weight excluding hydrogens is 342 g/mol. The standard InChI is InChI=1S/C21H31N3O3/c1-2-16-5-6-18(22-16)20(26)23-11-9-21(10-12-23)8-7-19(25)24(15-21)14-17-4-3-13-27-17/h5-6,17,22H,2-4,7-15H2,1H3/t17-/m1/s1. The van der Waals surface area contributed by atoms with Crippen molar-refractivity contribution in [2.75, 3.05) is 32.8 Å². The second-order valence-corrected chi connectivity index (χ2v) is 8.45. The lowest BCUT2D eigenvalue weighted by Crippen LogP contribution is -2.53. The maximum Gasteiger partial charge on any atom is 0.270 e. The third-order valence-electron chi connectivity index (χ3n) is 6.67. The zero-order valence-electron chi connectivity index (χ0n) is 16.3. The summed E-state index contributed by atoms with van der Waals surface area (Å²) in [5.74, 6) is 0.376. The van der Waals surface area contributed by atoms with E-state index in [1.54, 1.807) is 0 Å². The van der Waals surface area contributed by atoms with Crippen LogP contribution in [0.3, 0.4) is 0 Å². The quantitative estimate of drug-likeness (QED) is 0.882. The number of hydrogen-bond donors (Lipinski definition) is 1. The lowest BCUT2D eigenvalue weighted by atomic mass is 9.72. The first-order valence-electron chi connectivity index (χ1n) is 10.5. The fraction of sp³-hybridized carbons (Fsp3) is 0.714. The van der Waals surface area contributed by atoms with Crippen molar-refractivity contribution in [2.24, 2.45) is 5.41 Å². The predicted molar refractivity (Wildman–Crippen MR) is 103 cm³/mol. The van der Waals surface area contributed by atoms with Crippen molar-refractivity contribution in [3.63, 3.8) is 0 Å². The maximum atomic E-state index is 12.8. The number of nitrogens with zero attached hydrogens (tertiary/aromatic N) is 2. The summed E-state index contributed by atoms with van der Waals surface area (Å²) in [7, 11) is 0. The minimum absolute atomic E-state index is 0.104. The summed E-state index contributed by atoms with van der Waals surface area (Å²) in [6.07, 6.45) is 6.85. The van der Waals surface area contributed by atoms with Crippen molar-refractivity contribution >= 4 is 11.8 Å². The SMILES string of the molecule is CCc1ccc(C(=O)N2CCC3(CCC(=O)N(C[C@H]4CCCO4)C3)CC2)[nH]1. The number of amides is 2. The van der Waals surface area contributed by atoms with Gasteiger partial charge in [0.2, 0.25) is 5.91 Å². The maximum absolute atomic E-state index is 12.8. The number of piperidine rings is 2. The van der Waals surface area contributed by atoms with Crippen LogP contribution in [0.1, 0.15) is 61.6 Å². The number of H-pyrrole nitrogens is 1. The van der Waals surface area contributed by atoms with Crippen molar-refractivity contribution in [1.82, 2.24) is 14.8 Å². The van der Waals surface area contributed by atoms with E-state index >= 15 is 0 Å². The molecule has 6 heteroatoms. The molecule has 1 aromatic rings. The van der Waals surface area contributed by atoms with Gasteiger partial charge in [0.25, 0.3) is 5.91 Å². The van der Waals surface area contributed by atoms with E-state index in [4.69, 9.17) is 4.74 Å². The van der Waals surface area contributed by atoms with E-state index in [1.807, 2.05) is 21.9 Å². The molecule has 1 N–H and O–H groups in total. The molecular formula is C21H31N3O3. The summed E-state index contributed by atoms with van der Waals surface area (Å²) in [6, 6.07) is 3.89. The van der Waals surface area contributed by atoms with Gasteiger partial charge in [-0.15, -0.1) is 0 Å². The van der Waals surface area contributed by atoms with E-state index in [0.29, 0.717) is 12.1 Å². The van der Waals surface area contributed by atoms with Gasteiger partial charge >= 0.3 is 0 Å². The highest BCUT2D eigenvalue weighted by Gasteiger charge is 2.42. The number of ether oxygens (including phenoxy) is 1. The highest BCUT2D eigenvalue weighted by molar-refractivity contribution is 5.92. The third kappa shape index (κ3) is 3.91. The number of aromatic nitrogens is 1. The van der Waals surface area contributed by atoms with Crippen molar-refractivity contribution < 1.29 is 14.3 Å². The van der Waals surface area contributed by atoms with Crippen LogP contribution in [-0.4, -0.2) is 65.5 Å². The molecule has 0 saturated carbocycles. The number of aromatic amines is 1. The number of hydrogen-bond acceptors (Lipinski definition) is 3. The molecule has 148 valence electrons. The van der Waals surface area contributed by atoms with Crippen LogP contribution in [0.2, 0.25) is 0 Å². The van der Waals surface area contributed by atoms with Crippen LogP contribution in [-0.2, 0) is 16.0 Å². The summed E-state index contributed by atoms with van der Waals surface area (Å²) in [5.41, 5.74) is 1.97. The van der Waals surface area contributed by atoms with Crippen molar-refractivity contribution in [3.8, 4) is 0 Å². The average molecular weight is 373 g/mol. The molecule has 3 aliphatic heterocycles. The largest absolute Gasteiger partial charge is 0.376 e. The van der Waals surface area contributed by atoms with Gasteiger partial charge in [0, 0.05) is 44.9 Å². The first-order chi connectivity index (χ1) is 13.1. The van der Waals surface area contributed by atoms with Gasteiger partial charge in [-0.1, -0.05) is 6.92 Å².